The highest BCUT2D eigenvalue weighted by Crippen LogP contribution is 2.20. The summed E-state index contributed by atoms with van der Waals surface area (Å²) in [5.41, 5.74) is 7.12. The predicted octanol–water partition coefficient (Wildman–Crippen LogP) is 2.42. The zero-order valence-corrected chi connectivity index (χ0v) is 9.98. The van der Waals surface area contributed by atoms with Crippen LogP contribution in [0.4, 0.5) is 15.9 Å². The highest BCUT2D eigenvalue weighted by atomic mass is 19.1. The number of anilines is 2. The van der Waals surface area contributed by atoms with Crippen LogP contribution in [0.25, 0.3) is 0 Å². The van der Waals surface area contributed by atoms with E-state index in [0.29, 0.717) is 23.9 Å². The van der Waals surface area contributed by atoms with E-state index in [0.717, 1.165) is 5.56 Å². The Bertz CT molecular complexity index is 528. The van der Waals surface area contributed by atoms with E-state index >= 15 is 0 Å². The van der Waals surface area contributed by atoms with Gasteiger partial charge in [-0.05, 0) is 29.8 Å². The van der Waals surface area contributed by atoms with Crippen molar-refractivity contribution in [1.29, 1.82) is 0 Å². The molecule has 0 aliphatic rings. The summed E-state index contributed by atoms with van der Waals surface area (Å²) in [4.78, 5) is 4.19. The largest absolute Gasteiger partial charge is 0.479 e. The lowest BCUT2D eigenvalue weighted by Crippen LogP contribution is -2.03. The Morgan fingerprint density at radius 2 is 1.94 bits per heavy atom. The van der Waals surface area contributed by atoms with Crippen LogP contribution >= 0.6 is 0 Å². The molecule has 3 N–H and O–H groups in total. The van der Waals surface area contributed by atoms with Crippen molar-refractivity contribution < 1.29 is 9.13 Å². The van der Waals surface area contributed by atoms with E-state index in [1.807, 2.05) is 0 Å². The van der Waals surface area contributed by atoms with Gasteiger partial charge in [0.15, 0.2) is 0 Å². The van der Waals surface area contributed by atoms with Crippen molar-refractivity contribution in [2.24, 2.45) is 0 Å². The fraction of sp³-hybridized carbons (Fsp3) is 0.154. The Kier molecular flexibility index (Phi) is 3.62. The molecule has 0 aliphatic carbocycles. The zero-order valence-electron chi connectivity index (χ0n) is 9.98. The number of ether oxygens (including phenoxy) is 1. The van der Waals surface area contributed by atoms with Gasteiger partial charge in [0, 0.05) is 6.54 Å². The van der Waals surface area contributed by atoms with Gasteiger partial charge in [0.1, 0.15) is 11.6 Å². The van der Waals surface area contributed by atoms with Crippen LogP contribution in [0.1, 0.15) is 5.56 Å². The highest BCUT2D eigenvalue weighted by Gasteiger charge is 2.02. The van der Waals surface area contributed by atoms with Gasteiger partial charge in [0.2, 0.25) is 5.88 Å². The lowest BCUT2D eigenvalue weighted by atomic mass is 10.2. The number of aromatic nitrogens is 1. The molecule has 0 unspecified atom stereocenters. The first-order valence-corrected chi connectivity index (χ1v) is 5.48. The minimum Gasteiger partial charge on any atom is -0.479 e. The Hall–Kier alpha value is -2.30. The summed E-state index contributed by atoms with van der Waals surface area (Å²) >= 11 is 0. The number of nitrogens with zero attached hydrogens (tertiary/aromatic N) is 1. The average Bonchev–Trinajstić information content (AvgIpc) is 2.39. The number of nitrogens with one attached hydrogen (secondary N) is 1. The molecule has 5 heteroatoms. The van der Waals surface area contributed by atoms with Gasteiger partial charge >= 0.3 is 0 Å². The molecule has 0 fully saturated rings. The van der Waals surface area contributed by atoms with E-state index in [2.05, 4.69) is 10.3 Å². The Morgan fingerprint density at radius 3 is 2.61 bits per heavy atom. The number of nitrogens with two attached hydrogens (primary N) is 1. The summed E-state index contributed by atoms with van der Waals surface area (Å²) < 4.78 is 17.8. The van der Waals surface area contributed by atoms with Gasteiger partial charge in [0.25, 0.3) is 0 Å². The highest BCUT2D eigenvalue weighted by molar-refractivity contribution is 5.53. The van der Waals surface area contributed by atoms with Crippen molar-refractivity contribution in [1.82, 2.24) is 4.98 Å². The minimum absolute atomic E-state index is 0.244. The molecule has 0 aliphatic heterocycles. The van der Waals surface area contributed by atoms with Crippen LogP contribution in [0.15, 0.2) is 36.4 Å². The van der Waals surface area contributed by atoms with E-state index in [1.165, 1.54) is 19.2 Å². The van der Waals surface area contributed by atoms with Gasteiger partial charge in [-0.25, -0.2) is 4.39 Å². The second kappa shape index (κ2) is 5.35. The molecule has 1 heterocycles. The third kappa shape index (κ3) is 2.88. The molecule has 4 nitrogen and oxygen atoms in total. The number of nitrogen functional groups attached to an aromatic ring is 1. The lowest BCUT2D eigenvalue weighted by molar-refractivity contribution is 0.401. The van der Waals surface area contributed by atoms with Gasteiger partial charge in [-0.3, -0.25) is 0 Å². The molecule has 1 aromatic carbocycles. The maximum atomic E-state index is 12.7. The van der Waals surface area contributed by atoms with Crippen LogP contribution < -0.4 is 15.8 Å². The summed E-state index contributed by atoms with van der Waals surface area (Å²) in [6.45, 7) is 0.556. The zero-order chi connectivity index (χ0) is 13.0. The van der Waals surface area contributed by atoms with Gasteiger partial charge in [0.05, 0.1) is 12.8 Å². The van der Waals surface area contributed by atoms with Crippen molar-refractivity contribution >= 4 is 11.5 Å². The van der Waals surface area contributed by atoms with Crippen molar-refractivity contribution in [2.45, 2.75) is 6.54 Å². The van der Waals surface area contributed by atoms with Gasteiger partial charge in [-0.15, -0.1) is 0 Å². The average molecular weight is 247 g/mol. The minimum atomic E-state index is -0.244. The smallest absolute Gasteiger partial charge is 0.238 e. The second-order valence-electron chi connectivity index (χ2n) is 3.78. The molecule has 2 rings (SSSR count). The summed E-state index contributed by atoms with van der Waals surface area (Å²) in [7, 11) is 1.52. The standard InChI is InChI=1S/C13H14FN3O/c1-18-13-11(15)6-7-12(17-13)16-8-9-2-4-10(14)5-3-9/h2-7H,8,15H2,1H3,(H,16,17). The van der Waals surface area contributed by atoms with Crippen molar-refractivity contribution in [2.75, 3.05) is 18.2 Å². The lowest BCUT2D eigenvalue weighted by Gasteiger charge is -2.08. The molecule has 0 amide bonds. The molecule has 18 heavy (non-hydrogen) atoms. The molecule has 0 bridgehead atoms. The molecule has 0 spiro atoms. The molecule has 94 valence electrons. The van der Waals surface area contributed by atoms with E-state index in [4.69, 9.17) is 10.5 Å². The SMILES string of the molecule is COc1nc(NCc2ccc(F)cc2)ccc1N. The van der Waals surface area contributed by atoms with Crippen LogP contribution in [-0.2, 0) is 6.54 Å². The van der Waals surface area contributed by atoms with Gasteiger partial charge < -0.3 is 15.8 Å². The number of hydrogen-bond donors (Lipinski definition) is 2. The molecule has 0 saturated heterocycles. The van der Waals surface area contributed by atoms with Crippen molar-refractivity contribution in [3.63, 3.8) is 0 Å². The molecule has 2 aromatic rings. The van der Waals surface area contributed by atoms with Crippen LogP contribution in [0.5, 0.6) is 5.88 Å². The monoisotopic (exact) mass is 247 g/mol. The van der Waals surface area contributed by atoms with Crippen LogP contribution in [0.3, 0.4) is 0 Å². The Morgan fingerprint density at radius 1 is 1.22 bits per heavy atom. The topological polar surface area (TPSA) is 60.2 Å². The van der Waals surface area contributed by atoms with Crippen LogP contribution in [-0.4, -0.2) is 12.1 Å². The number of pyridine rings is 1. The van der Waals surface area contributed by atoms with E-state index in [-0.39, 0.29) is 5.82 Å². The summed E-state index contributed by atoms with van der Waals surface area (Å²) in [6.07, 6.45) is 0. The van der Waals surface area contributed by atoms with Crippen LogP contribution in [0.2, 0.25) is 0 Å². The molecular formula is C13H14FN3O. The number of rotatable bonds is 4. The summed E-state index contributed by atoms with van der Waals surface area (Å²) in [6, 6.07) is 9.77. The summed E-state index contributed by atoms with van der Waals surface area (Å²) in [5.74, 6) is 0.801. The number of hydrogen-bond acceptors (Lipinski definition) is 4. The number of methoxy groups -OCH3 is 1. The van der Waals surface area contributed by atoms with E-state index in [9.17, 15) is 4.39 Å². The van der Waals surface area contributed by atoms with Gasteiger partial charge in [-0.1, -0.05) is 12.1 Å². The van der Waals surface area contributed by atoms with Crippen molar-refractivity contribution in [3.8, 4) is 5.88 Å². The second-order valence-corrected chi connectivity index (χ2v) is 3.78. The van der Waals surface area contributed by atoms with Crippen LogP contribution in [0, 0.1) is 5.82 Å². The molecule has 0 atom stereocenters. The first kappa shape index (κ1) is 12.2. The third-order valence-corrected chi connectivity index (χ3v) is 2.47. The molecule has 1 aromatic heterocycles. The normalized spacial score (nSPS) is 10.1. The first-order chi connectivity index (χ1) is 8.69. The third-order valence-electron chi connectivity index (χ3n) is 2.47. The Balaban J connectivity index is 2.04. The molecule has 0 radical (unpaired) electrons. The molecular weight excluding hydrogens is 233 g/mol. The van der Waals surface area contributed by atoms with Crippen molar-refractivity contribution in [3.05, 3.63) is 47.8 Å². The fourth-order valence-electron chi connectivity index (χ4n) is 1.51. The predicted molar refractivity (Wildman–Crippen MR) is 68.9 cm³/mol. The first-order valence-electron chi connectivity index (χ1n) is 5.48. The van der Waals surface area contributed by atoms with Gasteiger partial charge in [-0.2, -0.15) is 4.98 Å². The molecule has 0 saturated carbocycles. The van der Waals surface area contributed by atoms with E-state index in [1.54, 1.807) is 24.3 Å². The fourth-order valence-corrected chi connectivity index (χ4v) is 1.51. The number of benzene rings is 1. The summed E-state index contributed by atoms with van der Waals surface area (Å²) in [5, 5.41) is 3.11. The maximum Gasteiger partial charge on any atom is 0.238 e. The Labute approximate surface area is 105 Å². The van der Waals surface area contributed by atoms with E-state index < -0.39 is 0 Å². The quantitative estimate of drug-likeness (QED) is 0.871. The maximum absolute atomic E-state index is 12.7. The number of halogens is 1.